The molecule has 116 valence electrons. The van der Waals surface area contributed by atoms with Gasteiger partial charge in [0.15, 0.2) is 5.69 Å². The fourth-order valence-corrected chi connectivity index (χ4v) is 3.11. The smallest absolute Gasteiger partial charge is 0.356 e. The molecule has 3 N–H and O–H groups in total. The van der Waals surface area contributed by atoms with E-state index in [9.17, 15) is 15.0 Å². The molecule has 1 aliphatic carbocycles. The standard InChI is InChI=1S/C16H14N4O3/c21-10-3-1-2-9(6-10)8-20-15-11(14(19-20)16(22)23)4-5-13-12(15)7-17-18-13/h1-3,6-7,21H,4-5,8H2,(H,17,18)(H,22,23). The Morgan fingerprint density at radius 1 is 1.35 bits per heavy atom. The van der Waals surface area contributed by atoms with Gasteiger partial charge in [-0.3, -0.25) is 9.78 Å². The summed E-state index contributed by atoms with van der Waals surface area (Å²) < 4.78 is 1.68. The number of aromatic amines is 1. The first-order chi connectivity index (χ1) is 11.1. The predicted molar refractivity (Wildman–Crippen MR) is 81.4 cm³/mol. The quantitative estimate of drug-likeness (QED) is 0.684. The van der Waals surface area contributed by atoms with Crippen molar-refractivity contribution in [2.24, 2.45) is 0 Å². The molecule has 2 aromatic heterocycles. The van der Waals surface area contributed by atoms with Crippen LogP contribution >= 0.6 is 0 Å². The molecule has 0 fully saturated rings. The van der Waals surface area contributed by atoms with Crippen LogP contribution in [0.3, 0.4) is 0 Å². The van der Waals surface area contributed by atoms with Crippen molar-refractivity contribution in [1.82, 2.24) is 20.0 Å². The van der Waals surface area contributed by atoms with Crippen molar-refractivity contribution in [3.05, 3.63) is 53.0 Å². The molecule has 7 nitrogen and oxygen atoms in total. The van der Waals surface area contributed by atoms with Crippen LogP contribution in [0, 0.1) is 0 Å². The van der Waals surface area contributed by atoms with Gasteiger partial charge in [-0.05, 0) is 30.5 Å². The highest BCUT2D eigenvalue weighted by molar-refractivity contribution is 5.90. The Labute approximate surface area is 131 Å². The summed E-state index contributed by atoms with van der Waals surface area (Å²) in [5.74, 6) is -0.853. The monoisotopic (exact) mass is 310 g/mol. The highest BCUT2D eigenvalue weighted by atomic mass is 16.4. The van der Waals surface area contributed by atoms with Gasteiger partial charge in [0, 0.05) is 16.8 Å². The lowest BCUT2D eigenvalue weighted by molar-refractivity contribution is 0.0688. The highest BCUT2D eigenvalue weighted by Crippen LogP contribution is 2.34. The molecule has 3 aromatic rings. The van der Waals surface area contributed by atoms with Crippen molar-refractivity contribution >= 4 is 5.97 Å². The van der Waals surface area contributed by atoms with Crippen molar-refractivity contribution in [1.29, 1.82) is 0 Å². The molecule has 0 amide bonds. The van der Waals surface area contributed by atoms with E-state index in [0.717, 1.165) is 34.5 Å². The van der Waals surface area contributed by atoms with Crippen LogP contribution < -0.4 is 0 Å². The van der Waals surface area contributed by atoms with Gasteiger partial charge in [-0.1, -0.05) is 12.1 Å². The Morgan fingerprint density at radius 3 is 3.00 bits per heavy atom. The number of carbonyl (C=O) groups is 1. The number of hydrogen-bond acceptors (Lipinski definition) is 4. The second-order valence-electron chi connectivity index (χ2n) is 5.57. The number of phenolic OH excluding ortho intramolecular Hbond substituents is 1. The molecule has 0 radical (unpaired) electrons. The number of hydrogen-bond donors (Lipinski definition) is 3. The lowest BCUT2D eigenvalue weighted by Crippen LogP contribution is -2.08. The van der Waals surface area contributed by atoms with Crippen LogP contribution in [0.15, 0.2) is 30.5 Å². The molecule has 1 aliphatic rings. The molecule has 0 saturated carbocycles. The van der Waals surface area contributed by atoms with Crippen molar-refractivity contribution in [2.75, 3.05) is 0 Å². The molecular weight excluding hydrogens is 296 g/mol. The lowest BCUT2D eigenvalue weighted by Gasteiger charge is -2.14. The van der Waals surface area contributed by atoms with E-state index in [0.29, 0.717) is 13.0 Å². The molecule has 23 heavy (non-hydrogen) atoms. The van der Waals surface area contributed by atoms with Crippen LogP contribution in [-0.4, -0.2) is 36.2 Å². The maximum atomic E-state index is 11.5. The van der Waals surface area contributed by atoms with Gasteiger partial charge >= 0.3 is 5.97 Å². The van der Waals surface area contributed by atoms with Crippen molar-refractivity contribution in [3.8, 4) is 17.0 Å². The molecule has 0 saturated heterocycles. The van der Waals surface area contributed by atoms with Crippen LogP contribution in [0.25, 0.3) is 11.3 Å². The molecular formula is C16H14N4O3. The third-order valence-corrected chi connectivity index (χ3v) is 4.09. The van der Waals surface area contributed by atoms with Crippen LogP contribution in [0.1, 0.15) is 27.3 Å². The summed E-state index contributed by atoms with van der Waals surface area (Å²) in [6.07, 6.45) is 3.05. The Kier molecular flexibility index (Phi) is 2.94. The number of benzene rings is 1. The normalized spacial score (nSPS) is 12.7. The number of aromatic hydroxyl groups is 1. The van der Waals surface area contributed by atoms with Gasteiger partial charge in [-0.25, -0.2) is 4.79 Å². The SMILES string of the molecule is O=C(O)c1nn(Cc2cccc(O)c2)c2c1CCc1[nH]ncc1-2. The van der Waals surface area contributed by atoms with Gasteiger partial charge in [0.05, 0.1) is 18.4 Å². The number of nitrogens with zero attached hydrogens (tertiary/aromatic N) is 3. The minimum Gasteiger partial charge on any atom is -0.508 e. The number of phenols is 1. The number of carboxylic acids is 1. The third-order valence-electron chi connectivity index (χ3n) is 4.09. The number of nitrogens with one attached hydrogen (secondary N) is 1. The van der Waals surface area contributed by atoms with Crippen LogP contribution in [-0.2, 0) is 19.4 Å². The maximum absolute atomic E-state index is 11.5. The highest BCUT2D eigenvalue weighted by Gasteiger charge is 2.29. The number of aromatic carboxylic acids is 1. The van der Waals surface area contributed by atoms with Crippen LogP contribution in [0.2, 0.25) is 0 Å². The van der Waals surface area contributed by atoms with Crippen molar-refractivity contribution in [3.63, 3.8) is 0 Å². The first kappa shape index (κ1) is 13.6. The number of H-pyrrole nitrogens is 1. The van der Waals surface area contributed by atoms with Gasteiger partial charge in [0.2, 0.25) is 0 Å². The van der Waals surface area contributed by atoms with E-state index in [1.165, 1.54) is 0 Å². The minimum atomic E-state index is -1.03. The van der Waals surface area contributed by atoms with E-state index >= 15 is 0 Å². The molecule has 2 heterocycles. The number of aromatic nitrogens is 4. The summed E-state index contributed by atoms with van der Waals surface area (Å²) in [4.78, 5) is 11.5. The van der Waals surface area contributed by atoms with Gasteiger partial charge in [0.25, 0.3) is 0 Å². The Hall–Kier alpha value is -3.09. The zero-order valence-corrected chi connectivity index (χ0v) is 12.2. The number of fused-ring (bicyclic) bond motifs is 3. The van der Waals surface area contributed by atoms with Crippen LogP contribution in [0.4, 0.5) is 0 Å². The summed E-state index contributed by atoms with van der Waals surface area (Å²) in [5.41, 5.74) is 4.36. The van der Waals surface area contributed by atoms with E-state index in [4.69, 9.17) is 0 Å². The van der Waals surface area contributed by atoms with E-state index < -0.39 is 5.97 Å². The largest absolute Gasteiger partial charge is 0.508 e. The summed E-state index contributed by atoms with van der Waals surface area (Å²) in [6, 6.07) is 6.86. The molecule has 0 aliphatic heterocycles. The Bertz CT molecular complexity index is 910. The fraction of sp³-hybridized carbons (Fsp3) is 0.188. The predicted octanol–water partition coefficient (Wildman–Crippen LogP) is 1.82. The minimum absolute atomic E-state index is 0.0898. The van der Waals surface area contributed by atoms with Crippen LogP contribution in [0.5, 0.6) is 5.75 Å². The van der Waals surface area contributed by atoms with E-state index in [-0.39, 0.29) is 11.4 Å². The van der Waals surface area contributed by atoms with Gasteiger partial charge in [-0.15, -0.1) is 0 Å². The third kappa shape index (κ3) is 2.17. The Balaban J connectivity index is 1.86. The summed E-state index contributed by atoms with van der Waals surface area (Å²) in [6.45, 7) is 0.384. The molecule has 0 unspecified atom stereocenters. The van der Waals surface area contributed by atoms with Gasteiger partial charge in [-0.2, -0.15) is 10.2 Å². The summed E-state index contributed by atoms with van der Waals surface area (Å²) >= 11 is 0. The molecule has 7 heteroatoms. The first-order valence-electron chi connectivity index (χ1n) is 7.27. The second-order valence-corrected chi connectivity index (χ2v) is 5.57. The summed E-state index contributed by atoms with van der Waals surface area (Å²) in [7, 11) is 0. The van der Waals surface area contributed by atoms with Gasteiger partial charge in [0.1, 0.15) is 5.75 Å². The molecule has 0 spiro atoms. The molecule has 4 rings (SSSR count). The van der Waals surface area contributed by atoms with Gasteiger partial charge < -0.3 is 10.2 Å². The second kappa shape index (κ2) is 4.98. The number of aryl methyl sites for hydroxylation is 1. The topological polar surface area (TPSA) is 104 Å². The average Bonchev–Trinajstić information content (AvgIpc) is 3.11. The Morgan fingerprint density at radius 2 is 2.22 bits per heavy atom. The van der Waals surface area contributed by atoms with Crippen molar-refractivity contribution in [2.45, 2.75) is 19.4 Å². The zero-order valence-electron chi connectivity index (χ0n) is 12.2. The van der Waals surface area contributed by atoms with E-state index in [2.05, 4.69) is 15.3 Å². The molecule has 0 atom stereocenters. The first-order valence-corrected chi connectivity index (χ1v) is 7.27. The lowest BCUT2D eigenvalue weighted by atomic mass is 9.94. The molecule has 0 bridgehead atoms. The fourth-order valence-electron chi connectivity index (χ4n) is 3.11. The summed E-state index contributed by atoms with van der Waals surface area (Å²) in [5, 5.41) is 30.3. The number of carboxylic acid groups (broad SMARTS) is 1. The van der Waals surface area contributed by atoms with Crippen molar-refractivity contribution < 1.29 is 15.0 Å². The zero-order chi connectivity index (χ0) is 16.0. The van der Waals surface area contributed by atoms with E-state index in [1.807, 2.05) is 6.07 Å². The maximum Gasteiger partial charge on any atom is 0.356 e. The van der Waals surface area contributed by atoms with E-state index in [1.54, 1.807) is 29.1 Å². The number of rotatable bonds is 3. The molecule has 1 aromatic carbocycles. The average molecular weight is 310 g/mol.